The van der Waals surface area contributed by atoms with E-state index in [4.69, 9.17) is 15.0 Å². The maximum Gasteiger partial charge on any atom is 0.316 e. The summed E-state index contributed by atoms with van der Waals surface area (Å²) in [6.07, 6.45) is 1.53. The van der Waals surface area contributed by atoms with E-state index >= 15 is 0 Å². The second kappa shape index (κ2) is 5.58. The second-order valence-electron chi connectivity index (χ2n) is 5.03. The first-order valence-electron chi connectivity index (χ1n) is 5.96. The first-order valence-corrected chi connectivity index (χ1v) is 6.94. The van der Waals surface area contributed by atoms with Crippen molar-refractivity contribution in [3.8, 4) is 11.6 Å². The van der Waals surface area contributed by atoms with Crippen molar-refractivity contribution in [2.75, 3.05) is 11.6 Å². The van der Waals surface area contributed by atoms with Crippen molar-refractivity contribution < 1.29 is 13.9 Å². The van der Waals surface area contributed by atoms with Crippen molar-refractivity contribution in [3.05, 3.63) is 18.4 Å². The van der Waals surface area contributed by atoms with E-state index < -0.39 is 5.60 Å². The molecule has 0 aliphatic rings. The summed E-state index contributed by atoms with van der Waals surface area (Å²) < 4.78 is 11.7. The van der Waals surface area contributed by atoms with Gasteiger partial charge in [-0.05, 0) is 32.9 Å². The lowest BCUT2D eigenvalue weighted by Crippen LogP contribution is -2.25. The van der Waals surface area contributed by atoms with Crippen LogP contribution in [0, 0.1) is 0 Å². The Morgan fingerprint density at radius 2 is 2.25 bits per heavy atom. The average molecular weight is 296 g/mol. The van der Waals surface area contributed by atoms with Gasteiger partial charge in [0.05, 0.1) is 12.0 Å². The third kappa shape index (κ3) is 3.53. The van der Waals surface area contributed by atoms with Gasteiger partial charge in [0.2, 0.25) is 11.0 Å². The Hall–Kier alpha value is -1.96. The quantitative estimate of drug-likeness (QED) is 0.521. The zero-order chi connectivity index (χ0) is 14.8. The first-order chi connectivity index (χ1) is 9.37. The van der Waals surface area contributed by atoms with Crippen LogP contribution in [0.4, 0.5) is 0 Å². The molecule has 2 aromatic rings. The summed E-state index contributed by atoms with van der Waals surface area (Å²) in [4.78, 5) is 11.6. The number of nitrogen functional groups attached to an aromatic ring is 1. The Morgan fingerprint density at radius 3 is 2.85 bits per heavy atom. The van der Waals surface area contributed by atoms with Crippen LogP contribution in [0.15, 0.2) is 28.0 Å². The molecule has 2 heterocycles. The Kier molecular flexibility index (Phi) is 4.03. The number of carbonyl (C=O) groups excluding carboxylic acids is 1. The fourth-order valence-corrected chi connectivity index (χ4v) is 2.07. The number of nitrogens with zero attached hydrogens (tertiary/aromatic N) is 3. The van der Waals surface area contributed by atoms with Gasteiger partial charge in [0.15, 0.2) is 5.76 Å². The Labute approximate surface area is 120 Å². The molecule has 0 aromatic carbocycles. The molecule has 0 radical (unpaired) electrons. The highest BCUT2D eigenvalue weighted by atomic mass is 32.2. The van der Waals surface area contributed by atoms with Crippen molar-refractivity contribution >= 4 is 17.7 Å². The molecule has 0 unspecified atom stereocenters. The van der Waals surface area contributed by atoms with Gasteiger partial charge in [0.1, 0.15) is 5.60 Å². The number of aromatic nitrogens is 3. The largest absolute Gasteiger partial charge is 0.461 e. The predicted octanol–water partition coefficient (Wildman–Crippen LogP) is 1.69. The highest BCUT2D eigenvalue weighted by Crippen LogP contribution is 2.22. The van der Waals surface area contributed by atoms with E-state index in [1.807, 2.05) is 20.8 Å². The molecule has 0 aliphatic carbocycles. The lowest BCUT2D eigenvalue weighted by molar-refractivity contribution is -0.151. The molecule has 108 valence electrons. The minimum absolute atomic E-state index is 0.116. The van der Waals surface area contributed by atoms with Gasteiger partial charge < -0.3 is 15.0 Å². The summed E-state index contributed by atoms with van der Waals surface area (Å²) in [7, 11) is 0. The molecule has 0 amide bonds. The Bertz CT molecular complexity index is 586. The molecular weight excluding hydrogens is 280 g/mol. The molecule has 0 bridgehead atoms. The van der Waals surface area contributed by atoms with Gasteiger partial charge in [0, 0.05) is 0 Å². The second-order valence-corrected chi connectivity index (χ2v) is 5.97. The fourth-order valence-electron chi connectivity index (χ4n) is 1.44. The van der Waals surface area contributed by atoms with E-state index in [2.05, 4.69) is 10.2 Å². The number of furan rings is 1. The number of hydrogen-bond donors (Lipinski definition) is 1. The lowest BCUT2D eigenvalue weighted by atomic mass is 10.2. The van der Waals surface area contributed by atoms with Gasteiger partial charge in [-0.1, -0.05) is 11.8 Å². The summed E-state index contributed by atoms with van der Waals surface area (Å²) in [6, 6.07) is 3.47. The molecule has 0 saturated carbocycles. The number of thioether (sulfide) groups is 1. The number of nitrogens with two attached hydrogens (primary N) is 1. The van der Waals surface area contributed by atoms with Crippen LogP contribution in [-0.4, -0.2) is 32.2 Å². The van der Waals surface area contributed by atoms with Gasteiger partial charge in [-0.2, -0.15) is 0 Å². The molecule has 0 aliphatic heterocycles. The summed E-state index contributed by atoms with van der Waals surface area (Å²) in [5.41, 5.74) is -0.507. The SMILES string of the molecule is CC(C)(C)OC(=O)CSc1nnc(-c2ccco2)n1N. The van der Waals surface area contributed by atoms with E-state index in [-0.39, 0.29) is 11.7 Å². The van der Waals surface area contributed by atoms with Gasteiger partial charge in [0.25, 0.3) is 0 Å². The molecule has 20 heavy (non-hydrogen) atoms. The van der Waals surface area contributed by atoms with Crippen LogP contribution in [0.3, 0.4) is 0 Å². The van der Waals surface area contributed by atoms with Crippen LogP contribution < -0.4 is 5.84 Å². The molecule has 0 spiro atoms. The standard InChI is InChI=1S/C12H16N4O3S/c1-12(2,3)19-9(17)7-20-11-15-14-10(16(11)13)8-5-4-6-18-8/h4-6H,7,13H2,1-3H3. The number of rotatable bonds is 4. The van der Waals surface area contributed by atoms with Gasteiger partial charge in [-0.25, -0.2) is 4.68 Å². The van der Waals surface area contributed by atoms with E-state index in [0.29, 0.717) is 16.7 Å². The third-order valence-electron chi connectivity index (χ3n) is 2.15. The van der Waals surface area contributed by atoms with Crippen LogP contribution in [0.5, 0.6) is 0 Å². The fraction of sp³-hybridized carbons (Fsp3) is 0.417. The molecule has 0 saturated heterocycles. The summed E-state index contributed by atoms with van der Waals surface area (Å²) in [5, 5.41) is 8.27. The molecule has 7 nitrogen and oxygen atoms in total. The predicted molar refractivity (Wildman–Crippen MR) is 74.4 cm³/mol. The van der Waals surface area contributed by atoms with Crippen LogP contribution in [0.1, 0.15) is 20.8 Å². The molecular formula is C12H16N4O3S. The number of esters is 1. The monoisotopic (exact) mass is 296 g/mol. The zero-order valence-corrected chi connectivity index (χ0v) is 12.3. The van der Waals surface area contributed by atoms with E-state index in [1.165, 1.54) is 10.9 Å². The average Bonchev–Trinajstić information content (AvgIpc) is 2.93. The lowest BCUT2D eigenvalue weighted by Gasteiger charge is -2.19. The topological polar surface area (TPSA) is 96.2 Å². The molecule has 8 heteroatoms. The number of carbonyl (C=O) groups is 1. The number of hydrogen-bond acceptors (Lipinski definition) is 7. The maximum atomic E-state index is 11.6. The summed E-state index contributed by atoms with van der Waals surface area (Å²) in [6.45, 7) is 5.45. The van der Waals surface area contributed by atoms with Gasteiger partial charge >= 0.3 is 5.97 Å². The van der Waals surface area contributed by atoms with Crippen molar-refractivity contribution in [1.82, 2.24) is 14.9 Å². The van der Waals surface area contributed by atoms with Crippen molar-refractivity contribution in [1.29, 1.82) is 0 Å². The highest BCUT2D eigenvalue weighted by molar-refractivity contribution is 7.99. The van der Waals surface area contributed by atoms with E-state index in [0.717, 1.165) is 11.8 Å². The smallest absolute Gasteiger partial charge is 0.316 e. The Morgan fingerprint density at radius 1 is 1.50 bits per heavy atom. The molecule has 0 atom stereocenters. The minimum Gasteiger partial charge on any atom is -0.461 e. The van der Waals surface area contributed by atoms with Gasteiger partial charge in [-0.3, -0.25) is 4.79 Å². The molecule has 2 N–H and O–H groups in total. The molecule has 0 fully saturated rings. The van der Waals surface area contributed by atoms with E-state index in [9.17, 15) is 4.79 Å². The van der Waals surface area contributed by atoms with Gasteiger partial charge in [-0.15, -0.1) is 10.2 Å². The summed E-state index contributed by atoms with van der Waals surface area (Å²) in [5.74, 6) is 6.58. The van der Waals surface area contributed by atoms with Crippen molar-refractivity contribution in [3.63, 3.8) is 0 Å². The van der Waals surface area contributed by atoms with Crippen LogP contribution in [-0.2, 0) is 9.53 Å². The zero-order valence-electron chi connectivity index (χ0n) is 11.5. The Balaban J connectivity index is 2.00. The van der Waals surface area contributed by atoms with Crippen LogP contribution >= 0.6 is 11.8 Å². The van der Waals surface area contributed by atoms with Crippen LogP contribution in [0.25, 0.3) is 11.6 Å². The van der Waals surface area contributed by atoms with Crippen LogP contribution in [0.2, 0.25) is 0 Å². The summed E-state index contributed by atoms with van der Waals surface area (Å²) >= 11 is 1.16. The normalized spacial score (nSPS) is 11.6. The minimum atomic E-state index is -0.507. The van der Waals surface area contributed by atoms with Crippen molar-refractivity contribution in [2.45, 2.75) is 31.5 Å². The molecule has 2 aromatic heterocycles. The highest BCUT2D eigenvalue weighted by Gasteiger charge is 2.19. The molecule has 2 rings (SSSR count). The third-order valence-corrected chi connectivity index (χ3v) is 3.06. The van der Waals surface area contributed by atoms with Crippen molar-refractivity contribution in [2.24, 2.45) is 0 Å². The maximum absolute atomic E-state index is 11.6. The van der Waals surface area contributed by atoms with E-state index in [1.54, 1.807) is 12.1 Å². The number of ether oxygens (including phenoxy) is 1. The first kappa shape index (κ1) is 14.4.